The lowest BCUT2D eigenvalue weighted by atomic mass is 10.1. The fourth-order valence-electron chi connectivity index (χ4n) is 2.33. The van der Waals surface area contributed by atoms with Gasteiger partial charge in [0.2, 0.25) is 0 Å². The van der Waals surface area contributed by atoms with Crippen LogP contribution in [0, 0.1) is 0 Å². The molecule has 0 bridgehead atoms. The van der Waals surface area contributed by atoms with E-state index in [2.05, 4.69) is 4.72 Å². The maximum absolute atomic E-state index is 12.3. The largest absolute Gasteiger partial charge is 0.506 e. The van der Waals surface area contributed by atoms with Crippen molar-refractivity contribution < 1.29 is 13.5 Å². The Morgan fingerprint density at radius 1 is 0.958 bits per heavy atom. The summed E-state index contributed by atoms with van der Waals surface area (Å²) in [5.74, 6) is -0.0740. The average molecular weight is 360 g/mol. The molecule has 3 aromatic carbocycles. The van der Waals surface area contributed by atoms with Crippen molar-refractivity contribution in [2.45, 2.75) is 0 Å². The van der Waals surface area contributed by atoms with E-state index in [4.69, 9.17) is 11.6 Å². The van der Waals surface area contributed by atoms with Crippen molar-refractivity contribution >= 4 is 44.2 Å². The van der Waals surface area contributed by atoms with E-state index in [0.29, 0.717) is 16.5 Å². The summed E-state index contributed by atoms with van der Waals surface area (Å²) in [6, 6.07) is 17.4. The number of anilines is 1. The lowest BCUT2D eigenvalue weighted by molar-refractivity contribution is 0.482. The first-order valence-electron chi connectivity index (χ1n) is 7.12. The highest BCUT2D eigenvalue weighted by Crippen LogP contribution is 2.37. The Morgan fingerprint density at radius 2 is 1.58 bits per heavy atom. The highest BCUT2D eigenvalue weighted by molar-refractivity contribution is 7.95. The monoisotopic (exact) mass is 359 g/mol. The van der Waals surface area contributed by atoms with Crippen LogP contribution >= 0.6 is 11.6 Å². The Morgan fingerprint density at radius 3 is 2.29 bits per heavy atom. The van der Waals surface area contributed by atoms with E-state index in [0.717, 1.165) is 11.0 Å². The quantitative estimate of drug-likeness (QED) is 0.668. The molecule has 2 N–H and O–H groups in total. The molecule has 0 saturated heterocycles. The van der Waals surface area contributed by atoms with E-state index in [1.54, 1.807) is 36.4 Å². The maximum Gasteiger partial charge on any atom is 0.255 e. The summed E-state index contributed by atoms with van der Waals surface area (Å²) in [5, 5.41) is 12.2. The molecule has 0 aliphatic rings. The third kappa shape index (κ3) is 3.53. The summed E-state index contributed by atoms with van der Waals surface area (Å²) >= 11 is 5.99. The normalized spacial score (nSPS) is 11.9. The van der Waals surface area contributed by atoms with Gasteiger partial charge in [-0.15, -0.1) is 0 Å². The minimum atomic E-state index is -3.72. The minimum absolute atomic E-state index is 0.0740. The molecule has 0 spiro atoms. The van der Waals surface area contributed by atoms with Crippen LogP contribution in [0.3, 0.4) is 0 Å². The second-order valence-corrected chi connectivity index (χ2v) is 7.13. The highest BCUT2D eigenvalue weighted by atomic mass is 35.5. The molecule has 4 nitrogen and oxygen atoms in total. The minimum Gasteiger partial charge on any atom is -0.506 e. The van der Waals surface area contributed by atoms with Crippen LogP contribution in [-0.4, -0.2) is 13.5 Å². The maximum atomic E-state index is 12.3. The predicted molar refractivity (Wildman–Crippen MR) is 98.6 cm³/mol. The molecule has 3 aromatic rings. The molecule has 0 unspecified atom stereocenters. The van der Waals surface area contributed by atoms with Gasteiger partial charge in [0.05, 0.1) is 16.1 Å². The van der Waals surface area contributed by atoms with Crippen LogP contribution < -0.4 is 4.72 Å². The van der Waals surface area contributed by atoms with Gasteiger partial charge < -0.3 is 5.11 Å². The summed E-state index contributed by atoms with van der Waals surface area (Å²) in [5.41, 5.74) is 1.09. The zero-order valence-electron chi connectivity index (χ0n) is 12.5. The van der Waals surface area contributed by atoms with Crippen molar-refractivity contribution in [1.29, 1.82) is 0 Å². The number of halogens is 1. The van der Waals surface area contributed by atoms with E-state index in [1.807, 2.05) is 18.2 Å². The van der Waals surface area contributed by atoms with Gasteiger partial charge in [-0.3, -0.25) is 4.72 Å². The van der Waals surface area contributed by atoms with Crippen LogP contribution in [0.1, 0.15) is 5.56 Å². The van der Waals surface area contributed by atoms with Gasteiger partial charge in [-0.25, -0.2) is 8.42 Å². The second kappa shape index (κ2) is 6.55. The fourth-order valence-corrected chi connectivity index (χ4v) is 3.42. The van der Waals surface area contributed by atoms with Crippen molar-refractivity contribution in [1.82, 2.24) is 0 Å². The molecule has 0 atom stereocenters. The van der Waals surface area contributed by atoms with E-state index in [9.17, 15) is 13.5 Å². The van der Waals surface area contributed by atoms with Crippen molar-refractivity contribution in [2.75, 3.05) is 4.72 Å². The Kier molecular flexibility index (Phi) is 4.46. The summed E-state index contributed by atoms with van der Waals surface area (Å²) < 4.78 is 27.1. The van der Waals surface area contributed by atoms with E-state index in [1.165, 1.54) is 12.1 Å². The number of benzene rings is 3. The van der Waals surface area contributed by atoms with Crippen molar-refractivity contribution in [2.24, 2.45) is 0 Å². The highest BCUT2D eigenvalue weighted by Gasteiger charge is 2.13. The van der Waals surface area contributed by atoms with Gasteiger partial charge >= 0.3 is 0 Å². The van der Waals surface area contributed by atoms with Crippen molar-refractivity contribution in [3.8, 4) is 5.75 Å². The molecular formula is C18H14ClNO3S. The Hall–Kier alpha value is -2.50. The SMILES string of the molecule is O=S(=O)(C=Cc1ccccc1)Nc1cc(Cl)c(O)c2ccccc12. The molecular weight excluding hydrogens is 346 g/mol. The van der Waals surface area contributed by atoms with Gasteiger partial charge in [-0.1, -0.05) is 66.2 Å². The Labute approximate surface area is 145 Å². The number of nitrogens with one attached hydrogen (secondary N) is 1. The lowest BCUT2D eigenvalue weighted by Crippen LogP contribution is -2.09. The topological polar surface area (TPSA) is 66.4 Å². The number of phenols is 1. The van der Waals surface area contributed by atoms with Crippen LogP contribution in [0.15, 0.2) is 66.1 Å². The molecule has 6 heteroatoms. The van der Waals surface area contributed by atoms with Gasteiger partial charge in [0, 0.05) is 10.8 Å². The standard InChI is InChI=1S/C18H14ClNO3S/c19-16-12-17(14-8-4-5-9-15(14)18(16)21)20-24(22,23)11-10-13-6-2-1-3-7-13/h1-12,20-21H. The van der Waals surface area contributed by atoms with Crippen molar-refractivity contribution in [3.63, 3.8) is 0 Å². The zero-order valence-corrected chi connectivity index (χ0v) is 14.1. The molecule has 24 heavy (non-hydrogen) atoms. The third-order valence-corrected chi connectivity index (χ3v) is 4.75. The molecule has 0 amide bonds. The van der Waals surface area contributed by atoms with Gasteiger partial charge in [0.15, 0.2) is 0 Å². The van der Waals surface area contributed by atoms with E-state index in [-0.39, 0.29) is 10.8 Å². The number of phenolic OH excluding ortho intramolecular Hbond substituents is 1. The first kappa shape index (κ1) is 16.4. The number of aromatic hydroxyl groups is 1. The average Bonchev–Trinajstić information content (AvgIpc) is 2.58. The third-order valence-electron chi connectivity index (χ3n) is 3.46. The second-order valence-electron chi connectivity index (χ2n) is 5.16. The smallest absolute Gasteiger partial charge is 0.255 e. The Balaban J connectivity index is 1.97. The van der Waals surface area contributed by atoms with E-state index < -0.39 is 10.0 Å². The molecule has 0 aliphatic heterocycles. The number of fused-ring (bicyclic) bond motifs is 1. The number of hydrogen-bond donors (Lipinski definition) is 2. The summed E-state index contributed by atoms with van der Waals surface area (Å²) in [4.78, 5) is 0. The van der Waals surface area contributed by atoms with Gasteiger partial charge in [0.25, 0.3) is 10.0 Å². The van der Waals surface area contributed by atoms with E-state index >= 15 is 0 Å². The van der Waals surface area contributed by atoms with Gasteiger partial charge in [0.1, 0.15) is 5.75 Å². The van der Waals surface area contributed by atoms with Crippen LogP contribution in [0.25, 0.3) is 16.8 Å². The summed E-state index contributed by atoms with van der Waals surface area (Å²) in [6.07, 6.45) is 1.51. The molecule has 3 rings (SSSR count). The molecule has 0 saturated carbocycles. The molecule has 0 fully saturated rings. The Bertz CT molecular complexity index is 1020. The summed E-state index contributed by atoms with van der Waals surface area (Å²) in [6.45, 7) is 0. The lowest BCUT2D eigenvalue weighted by Gasteiger charge is -2.11. The molecule has 122 valence electrons. The number of hydrogen-bond acceptors (Lipinski definition) is 3. The summed E-state index contributed by atoms with van der Waals surface area (Å²) in [7, 11) is -3.72. The van der Waals surface area contributed by atoms with Gasteiger partial charge in [-0.05, 0) is 17.7 Å². The van der Waals surface area contributed by atoms with Crippen molar-refractivity contribution in [3.05, 3.63) is 76.7 Å². The van der Waals surface area contributed by atoms with Crippen LogP contribution in [0.5, 0.6) is 5.75 Å². The van der Waals surface area contributed by atoms with Crippen LogP contribution in [-0.2, 0) is 10.0 Å². The molecule has 0 heterocycles. The van der Waals surface area contributed by atoms with Crippen LogP contribution in [0.4, 0.5) is 5.69 Å². The molecule has 0 aromatic heterocycles. The first-order valence-corrected chi connectivity index (χ1v) is 9.05. The first-order chi connectivity index (χ1) is 11.5. The number of sulfonamides is 1. The number of rotatable bonds is 4. The van der Waals surface area contributed by atoms with Crippen LogP contribution in [0.2, 0.25) is 5.02 Å². The van der Waals surface area contributed by atoms with Gasteiger partial charge in [-0.2, -0.15) is 0 Å². The molecule has 0 aliphatic carbocycles. The zero-order chi connectivity index (χ0) is 17.2. The fraction of sp³-hybridized carbons (Fsp3) is 0. The molecule has 0 radical (unpaired) electrons. The predicted octanol–water partition coefficient (Wildman–Crippen LogP) is 4.61.